The molecule has 0 aliphatic heterocycles. The van der Waals surface area contributed by atoms with Crippen LogP contribution in [0, 0.1) is 10.1 Å². The summed E-state index contributed by atoms with van der Waals surface area (Å²) in [6.07, 6.45) is 0. The molecule has 3 N–H and O–H groups in total. The third kappa shape index (κ3) is 2.91. The van der Waals surface area contributed by atoms with Gasteiger partial charge in [0.15, 0.2) is 0 Å². The Hall–Kier alpha value is -1.66. The highest BCUT2D eigenvalue weighted by Gasteiger charge is 2.15. The first-order valence-electron chi connectivity index (χ1n) is 4.84. The number of nitrogens with one attached hydrogen (secondary N) is 1. The molecule has 0 radical (unpaired) electrons. The molecule has 6 heteroatoms. The van der Waals surface area contributed by atoms with E-state index in [0.29, 0.717) is 11.3 Å². The van der Waals surface area contributed by atoms with E-state index < -0.39 is 4.92 Å². The molecule has 0 aromatic heterocycles. The summed E-state index contributed by atoms with van der Waals surface area (Å²) in [7, 11) is 0. The second kappa shape index (κ2) is 5.43. The highest BCUT2D eigenvalue weighted by molar-refractivity contribution is 5.63. The van der Waals surface area contributed by atoms with Crippen molar-refractivity contribution in [3.05, 3.63) is 33.9 Å². The van der Waals surface area contributed by atoms with Crippen LogP contribution in [0.4, 0.5) is 11.4 Å². The smallest absolute Gasteiger partial charge is 0.292 e. The highest BCUT2D eigenvalue weighted by atomic mass is 16.6. The third-order valence-electron chi connectivity index (χ3n) is 2.12. The van der Waals surface area contributed by atoms with Crippen molar-refractivity contribution in [1.82, 2.24) is 0 Å². The SMILES string of the molecule is CC(CO)Nc1ccc(CO)cc1[N+](=O)[O-]. The summed E-state index contributed by atoms with van der Waals surface area (Å²) in [5.74, 6) is 0. The molecular formula is C10H14N2O4. The van der Waals surface area contributed by atoms with E-state index in [2.05, 4.69) is 5.32 Å². The standard InChI is InChI=1S/C10H14N2O4/c1-7(5-13)11-9-3-2-8(6-14)4-10(9)12(15)16/h2-4,7,11,13-14H,5-6H2,1H3. The second-order valence-electron chi connectivity index (χ2n) is 3.49. The summed E-state index contributed by atoms with van der Waals surface area (Å²) in [5, 5.41) is 31.3. The average molecular weight is 226 g/mol. The molecule has 0 heterocycles. The van der Waals surface area contributed by atoms with Gasteiger partial charge < -0.3 is 15.5 Å². The number of anilines is 1. The zero-order valence-electron chi connectivity index (χ0n) is 8.88. The lowest BCUT2D eigenvalue weighted by Crippen LogP contribution is -2.20. The van der Waals surface area contributed by atoms with Crippen LogP contribution in [0.2, 0.25) is 0 Å². The number of nitro benzene ring substituents is 1. The van der Waals surface area contributed by atoms with Gasteiger partial charge in [0.25, 0.3) is 5.69 Å². The van der Waals surface area contributed by atoms with E-state index in [4.69, 9.17) is 10.2 Å². The minimum atomic E-state index is -0.522. The van der Waals surface area contributed by atoms with Crippen molar-refractivity contribution in [3.63, 3.8) is 0 Å². The van der Waals surface area contributed by atoms with E-state index in [1.54, 1.807) is 13.0 Å². The molecule has 0 saturated heterocycles. The number of rotatable bonds is 5. The Kier molecular flexibility index (Phi) is 4.21. The predicted octanol–water partition coefficient (Wildman–Crippen LogP) is 0.880. The maximum absolute atomic E-state index is 10.8. The lowest BCUT2D eigenvalue weighted by atomic mass is 10.1. The van der Waals surface area contributed by atoms with Gasteiger partial charge in [-0.2, -0.15) is 0 Å². The molecule has 88 valence electrons. The fourth-order valence-corrected chi connectivity index (χ4v) is 1.26. The van der Waals surface area contributed by atoms with Gasteiger partial charge in [-0.1, -0.05) is 6.07 Å². The lowest BCUT2D eigenvalue weighted by Gasteiger charge is -2.12. The third-order valence-corrected chi connectivity index (χ3v) is 2.12. The molecule has 0 saturated carbocycles. The fourth-order valence-electron chi connectivity index (χ4n) is 1.26. The normalized spacial score (nSPS) is 12.2. The van der Waals surface area contributed by atoms with Crippen LogP contribution < -0.4 is 5.32 Å². The van der Waals surface area contributed by atoms with Crippen molar-refractivity contribution in [2.45, 2.75) is 19.6 Å². The first-order chi connectivity index (χ1) is 7.58. The molecule has 0 spiro atoms. The minimum absolute atomic E-state index is 0.105. The molecule has 1 aromatic carbocycles. The Morgan fingerprint density at radius 3 is 2.69 bits per heavy atom. The number of nitro groups is 1. The van der Waals surface area contributed by atoms with Gasteiger partial charge in [0.1, 0.15) is 5.69 Å². The molecule has 0 aliphatic rings. The maximum Gasteiger partial charge on any atom is 0.292 e. The Morgan fingerprint density at radius 1 is 1.50 bits per heavy atom. The first kappa shape index (κ1) is 12.4. The van der Waals surface area contributed by atoms with Crippen LogP contribution in [0.15, 0.2) is 18.2 Å². The van der Waals surface area contributed by atoms with Crippen LogP contribution in [0.5, 0.6) is 0 Å². The van der Waals surface area contributed by atoms with E-state index in [1.807, 2.05) is 0 Å². The Morgan fingerprint density at radius 2 is 2.19 bits per heavy atom. The molecule has 1 atom stereocenters. The molecular weight excluding hydrogens is 212 g/mol. The van der Waals surface area contributed by atoms with E-state index >= 15 is 0 Å². The maximum atomic E-state index is 10.8. The van der Waals surface area contributed by atoms with Crippen LogP contribution in [0.25, 0.3) is 0 Å². The summed E-state index contributed by atoms with van der Waals surface area (Å²) in [6.45, 7) is 1.36. The number of aliphatic hydroxyl groups is 2. The summed E-state index contributed by atoms with van der Waals surface area (Å²) in [5.41, 5.74) is 0.713. The number of benzene rings is 1. The van der Waals surface area contributed by atoms with E-state index in [9.17, 15) is 10.1 Å². The predicted molar refractivity (Wildman–Crippen MR) is 59.2 cm³/mol. The molecule has 0 aliphatic carbocycles. The molecule has 1 unspecified atom stereocenters. The van der Waals surface area contributed by atoms with Gasteiger partial charge in [-0.05, 0) is 18.6 Å². The first-order valence-corrected chi connectivity index (χ1v) is 4.84. The quantitative estimate of drug-likeness (QED) is 0.511. The average Bonchev–Trinajstić information content (AvgIpc) is 2.29. The largest absolute Gasteiger partial charge is 0.394 e. The molecule has 16 heavy (non-hydrogen) atoms. The number of aliphatic hydroxyl groups excluding tert-OH is 2. The van der Waals surface area contributed by atoms with Crippen molar-refractivity contribution in [3.8, 4) is 0 Å². The van der Waals surface area contributed by atoms with E-state index in [0.717, 1.165) is 0 Å². The molecule has 1 aromatic rings. The molecule has 0 amide bonds. The van der Waals surface area contributed by atoms with Crippen molar-refractivity contribution < 1.29 is 15.1 Å². The molecule has 6 nitrogen and oxygen atoms in total. The van der Waals surface area contributed by atoms with Crippen LogP contribution >= 0.6 is 0 Å². The highest BCUT2D eigenvalue weighted by Crippen LogP contribution is 2.26. The minimum Gasteiger partial charge on any atom is -0.394 e. The zero-order valence-corrected chi connectivity index (χ0v) is 8.88. The number of nitrogens with zero attached hydrogens (tertiary/aromatic N) is 1. The van der Waals surface area contributed by atoms with E-state index in [1.165, 1.54) is 12.1 Å². The topological polar surface area (TPSA) is 95.6 Å². The molecule has 1 rings (SSSR count). The van der Waals surface area contributed by atoms with Crippen molar-refractivity contribution in [2.75, 3.05) is 11.9 Å². The van der Waals surface area contributed by atoms with Gasteiger partial charge in [0.05, 0.1) is 18.1 Å². The molecule has 0 fully saturated rings. The van der Waals surface area contributed by atoms with E-state index in [-0.39, 0.29) is 24.9 Å². The van der Waals surface area contributed by atoms with Gasteiger partial charge >= 0.3 is 0 Å². The van der Waals surface area contributed by atoms with Crippen LogP contribution in [-0.2, 0) is 6.61 Å². The van der Waals surface area contributed by atoms with Gasteiger partial charge in [-0.3, -0.25) is 10.1 Å². The Bertz CT molecular complexity index is 381. The van der Waals surface area contributed by atoms with Gasteiger partial charge in [-0.25, -0.2) is 0 Å². The summed E-state index contributed by atoms with van der Waals surface area (Å²) in [4.78, 5) is 10.3. The van der Waals surface area contributed by atoms with Gasteiger partial charge in [-0.15, -0.1) is 0 Å². The summed E-state index contributed by atoms with van der Waals surface area (Å²) >= 11 is 0. The lowest BCUT2D eigenvalue weighted by molar-refractivity contribution is -0.384. The van der Waals surface area contributed by atoms with Crippen molar-refractivity contribution in [2.24, 2.45) is 0 Å². The zero-order chi connectivity index (χ0) is 12.1. The van der Waals surface area contributed by atoms with Crippen LogP contribution in [0.3, 0.4) is 0 Å². The Balaban J connectivity index is 3.03. The summed E-state index contributed by atoms with van der Waals surface area (Å²) in [6, 6.07) is 4.17. The van der Waals surface area contributed by atoms with Crippen LogP contribution in [-0.4, -0.2) is 27.8 Å². The molecule has 0 bridgehead atoms. The van der Waals surface area contributed by atoms with Crippen molar-refractivity contribution in [1.29, 1.82) is 0 Å². The van der Waals surface area contributed by atoms with Crippen LogP contribution in [0.1, 0.15) is 12.5 Å². The van der Waals surface area contributed by atoms with Gasteiger partial charge in [0, 0.05) is 12.1 Å². The second-order valence-corrected chi connectivity index (χ2v) is 3.49. The monoisotopic (exact) mass is 226 g/mol. The van der Waals surface area contributed by atoms with Crippen molar-refractivity contribution >= 4 is 11.4 Å². The Labute approximate surface area is 92.7 Å². The number of hydrogen-bond acceptors (Lipinski definition) is 5. The summed E-state index contributed by atoms with van der Waals surface area (Å²) < 4.78 is 0. The van der Waals surface area contributed by atoms with Gasteiger partial charge in [0.2, 0.25) is 0 Å². The number of hydrogen-bond donors (Lipinski definition) is 3. The fraction of sp³-hybridized carbons (Fsp3) is 0.400.